The van der Waals surface area contributed by atoms with Crippen LogP contribution in [0.4, 0.5) is 0 Å². The standard InChI is InChI=1S/C25H26N2O5/c1-16-17(2)27(30)22(26(16)15-18-11-7-5-8-12-18)20(19-13-9-6-10-14-19)21-23(28)31-25(3,4)32-24(21)29/h5-14,20H,15H2,1-4H3,(H-,28,29,30)/p+1. The minimum Gasteiger partial charge on any atom is -0.480 e. The van der Waals surface area contributed by atoms with Gasteiger partial charge < -0.3 is 19.8 Å². The molecule has 0 radical (unpaired) electrons. The van der Waals surface area contributed by atoms with E-state index in [1.165, 1.54) is 0 Å². The van der Waals surface area contributed by atoms with Gasteiger partial charge in [0, 0.05) is 27.7 Å². The molecule has 1 atom stereocenters. The van der Waals surface area contributed by atoms with Gasteiger partial charge in [0.2, 0.25) is 0 Å². The zero-order chi connectivity index (χ0) is 23.0. The number of imidazole rings is 1. The van der Waals surface area contributed by atoms with Crippen molar-refractivity contribution in [1.29, 1.82) is 0 Å². The van der Waals surface area contributed by atoms with Gasteiger partial charge >= 0.3 is 11.8 Å². The van der Waals surface area contributed by atoms with E-state index in [2.05, 4.69) is 0 Å². The zero-order valence-electron chi connectivity index (χ0n) is 18.6. The highest BCUT2D eigenvalue weighted by Gasteiger charge is 2.46. The monoisotopic (exact) mass is 435 g/mol. The first kappa shape index (κ1) is 21.5. The third-order valence-electron chi connectivity index (χ3n) is 5.73. The summed E-state index contributed by atoms with van der Waals surface area (Å²) < 4.78 is 14.0. The van der Waals surface area contributed by atoms with Crippen molar-refractivity contribution in [3.8, 4) is 0 Å². The van der Waals surface area contributed by atoms with E-state index in [1.807, 2.05) is 72.2 Å². The number of cyclic esters (lactones) is 1. The minimum atomic E-state index is -1.29. The van der Waals surface area contributed by atoms with Crippen LogP contribution >= 0.6 is 0 Å². The van der Waals surface area contributed by atoms with Crippen LogP contribution in [-0.2, 0) is 20.8 Å². The Balaban J connectivity index is 1.96. The summed E-state index contributed by atoms with van der Waals surface area (Å²) in [6, 6.07) is 19.0. The summed E-state index contributed by atoms with van der Waals surface area (Å²) in [6.45, 7) is 7.27. The topological polar surface area (TPSA) is 84.8 Å². The highest BCUT2D eigenvalue weighted by atomic mass is 16.8. The number of rotatable bonds is 5. The first-order valence-electron chi connectivity index (χ1n) is 10.4. The van der Waals surface area contributed by atoms with Crippen molar-refractivity contribution in [2.75, 3.05) is 0 Å². The molecule has 1 unspecified atom stereocenters. The molecule has 0 spiro atoms. The highest BCUT2D eigenvalue weighted by molar-refractivity contribution is 5.92. The summed E-state index contributed by atoms with van der Waals surface area (Å²) in [7, 11) is 0. The predicted octanol–water partition coefficient (Wildman–Crippen LogP) is 3.89. The summed E-state index contributed by atoms with van der Waals surface area (Å²) in [4.78, 5) is 13.1. The van der Waals surface area contributed by atoms with Gasteiger partial charge in [-0.15, -0.1) is 0 Å². The third kappa shape index (κ3) is 3.82. The molecule has 4 rings (SSSR count). The number of aliphatic hydroxyl groups is 1. The number of hydrogen-bond donors (Lipinski definition) is 2. The van der Waals surface area contributed by atoms with Gasteiger partial charge in [-0.3, -0.25) is 0 Å². The van der Waals surface area contributed by atoms with Crippen LogP contribution in [0.5, 0.6) is 0 Å². The molecule has 3 aromatic rings. The van der Waals surface area contributed by atoms with Gasteiger partial charge in [-0.1, -0.05) is 60.7 Å². The molecule has 166 valence electrons. The van der Waals surface area contributed by atoms with Crippen molar-refractivity contribution in [3.05, 3.63) is 101 Å². The van der Waals surface area contributed by atoms with Crippen LogP contribution in [0.25, 0.3) is 0 Å². The van der Waals surface area contributed by atoms with Gasteiger partial charge in [0.05, 0.1) is 0 Å². The average molecular weight is 436 g/mol. The van der Waals surface area contributed by atoms with Gasteiger partial charge in [-0.25, -0.2) is 9.36 Å². The summed E-state index contributed by atoms with van der Waals surface area (Å²) in [5.41, 5.74) is 3.12. The van der Waals surface area contributed by atoms with Crippen LogP contribution in [0.1, 0.15) is 48.1 Å². The minimum absolute atomic E-state index is 0.0647. The van der Waals surface area contributed by atoms with Gasteiger partial charge in [0.25, 0.3) is 11.7 Å². The van der Waals surface area contributed by atoms with Crippen molar-refractivity contribution in [1.82, 2.24) is 4.73 Å². The smallest absolute Gasteiger partial charge is 0.345 e. The second-order valence-electron chi connectivity index (χ2n) is 8.37. The number of benzene rings is 2. The van der Waals surface area contributed by atoms with Crippen molar-refractivity contribution in [2.24, 2.45) is 0 Å². The molecule has 0 fully saturated rings. The molecule has 0 saturated heterocycles. The van der Waals surface area contributed by atoms with E-state index in [1.54, 1.807) is 20.8 Å². The van der Waals surface area contributed by atoms with Crippen molar-refractivity contribution < 1.29 is 29.1 Å². The molecule has 1 aliphatic rings. The van der Waals surface area contributed by atoms with E-state index in [0.29, 0.717) is 23.6 Å². The Morgan fingerprint density at radius 3 is 2.19 bits per heavy atom. The van der Waals surface area contributed by atoms with E-state index in [9.17, 15) is 15.1 Å². The highest BCUT2D eigenvalue weighted by Crippen LogP contribution is 2.38. The number of hydrogen-bond acceptors (Lipinski definition) is 5. The zero-order valence-corrected chi connectivity index (χ0v) is 18.6. The Labute approximate surface area is 186 Å². The second kappa shape index (κ2) is 8.07. The van der Waals surface area contributed by atoms with Crippen LogP contribution < -0.4 is 4.57 Å². The maximum Gasteiger partial charge on any atom is 0.345 e. The average Bonchev–Trinajstić information content (AvgIpc) is 2.95. The van der Waals surface area contributed by atoms with Crippen LogP contribution in [0, 0.1) is 13.8 Å². The largest absolute Gasteiger partial charge is 0.480 e. The Morgan fingerprint density at radius 2 is 1.59 bits per heavy atom. The van der Waals surface area contributed by atoms with E-state index >= 15 is 0 Å². The van der Waals surface area contributed by atoms with Crippen molar-refractivity contribution in [3.63, 3.8) is 0 Å². The van der Waals surface area contributed by atoms with Crippen molar-refractivity contribution >= 4 is 5.97 Å². The van der Waals surface area contributed by atoms with Gasteiger partial charge in [0.1, 0.15) is 23.7 Å². The van der Waals surface area contributed by atoms with E-state index < -0.39 is 23.6 Å². The Kier molecular flexibility index (Phi) is 5.42. The Bertz CT molecular complexity index is 1180. The second-order valence-corrected chi connectivity index (χ2v) is 8.37. The summed E-state index contributed by atoms with van der Waals surface area (Å²) in [5, 5.41) is 21.9. The fourth-order valence-electron chi connectivity index (χ4n) is 4.06. The van der Waals surface area contributed by atoms with Gasteiger partial charge in [-0.2, -0.15) is 0 Å². The fraction of sp³-hybridized carbons (Fsp3) is 0.280. The molecule has 2 heterocycles. The number of carbonyl (C=O) groups is 1. The lowest BCUT2D eigenvalue weighted by Gasteiger charge is -2.32. The van der Waals surface area contributed by atoms with Gasteiger partial charge in [-0.05, 0) is 15.9 Å². The fourth-order valence-corrected chi connectivity index (χ4v) is 4.06. The van der Waals surface area contributed by atoms with E-state index in [4.69, 9.17) is 9.47 Å². The first-order chi connectivity index (χ1) is 15.2. The third-order valence-corrected chi connectivity index (χ3v) is 5.73. The number of aliphatic hydroxyl groups excluding tert-OH is 1. The molecule has 1 aliphatic heterocycles. The van der Waals surface area contributed by atoms with E-state index in [-0.39, 0.29) is 5.57 Å². The van der Waals surface area contributed by atoms with Crippen LogP contribution in [0.3, 0.4) is 0 Å². The molecular weight excluding hydrogens is 408 g/mol. The SMILES string of the molecule is Cc1c(C)[n+](Cc2ccccc2)c(C(C2=C(O)OC(C)(C)OC2=O)c2ccccc2)n1O. The molecule has 1 aromatic heterocycles. The number of ether oxygens (including phenoxy) is 2. The quantitative estimate of drug-likeness (QED) is 0.361. The Hall–Kier alpha value is -3.74. The number of nitrogens with zero attached hydrogens (tertiary/aromatic N) is 2. The van der Waals surface area contributed by atoms with E-state index in [0.717, 1.165) is 16.0 Å². The number of esters is 1. The normalized spacial score (nSPS) is 16.4. The maximum absolute atomic E-state index is 13.1. The maximum atomic E-state index is 13.1. The first-order valence-corrected chi connectivity index (χ1v) is 10.4. The molecule has 2 aromatic carbocycles. The van der Waals surface area contributed by atoms with Crippen molar-refractivity contribution in [2.45, 2.75) is 45.9 Å². The lowest BCUT2D eigenvalue weighted by atomic mass is 9.89. The molecule has 7 nitrogen and oxygen atoms in total. The lowest BCUT2D eigenvalue weighted by molar-refractivity contribution is -0.702. The molecule has 32 heavy (non-hydrogen) atoms. The van der Waals surface area contributed by atoms with Crippen LogP contribution in [-0.4, -0.2) is 26.8 Å². The molecule has 0 aliphatic carbocycles. The van der Waals surface area contributed by atoms with Crippen LogP contribution in [0.15, 0.2) is 72.2 Å². The summed E-state index contributed by atoms with van der Waals surface area (Å²) >= 11 is 0. The summed E-state index contributed by atoms with van der Waals surface area (Å²) in [5.74, 6) is -2.92. The Morgan fingerprint density at radius 1 is 1.00 bits per heavy atom. The molecule has 0 amide bonds. The molecular formula is C25H27N2O5+. The number of carbonyl (C=O) groups excluding carboxylic acids is 1. The molecule has 0 saturated carbocycles. The molecule has 0 bridgehead atoms. The number of aromatic nitrogens is 2. The molecule has 2 N–H and O–H groups in total. The predicted molar refractivity (Wildman–Crippen MR) is 116 cm³/mol. The lowest BCUT2D eigenvalue weighted by Crippen LogP contribution is -2.45. The van der Waals surface area contributed by atoms with Crippen LogP contribution in [0.2, 0.25) is 0 Å². The summed E-state index contributed by atoms with van der Waals surface area (Å²) in [6.07, 6.45) is 0. The molecule has 7 heteroatoms. The van der Waals surface area contributed by atoms with Gasteiger partial charge in [0.15, 0.2) is 5.69 Å².